The third-order valence-corrected chi connectivity index (χ3v) is 2.86. The summed E-state index contributed by atoms with van der Waals surface area (Å²) in [6, 6.07) is 4.97. The molecule has 1 aromatic carbocycles. The van der Waals surface area contributed by atoms with Gasteiger partial charge in [0.1, 0.15) is 5.84 Å². The molecular formula is C12H17ClN4O2. The maximum Gasteiger partial charge on any atom is 0.319 e. The predicted molar refractivity (Wildman–Crippen MR) is 75.9 cm³/mol. The molecule has 0 unspecified atom stereocenters. The molecule has 0 saturated heterocycles. The highest BCUT2D eigenvalue weighted by atomic mass is 35.5. The van der Waals surface area contributed by atoms with Gasteiger partial charge in [0.25, 0.3) is 0 Å². The third-order valence-electron chi connectivity index (χ3n) is 2.45. The van der Waals surface area contributed by atoms with Gasteiger partial charge in [-0.3, -0.25) is 0 Å². The van der Waals surface area contributed by atoms with Crippen LogP contribution in [0, 0.1) is 6.92 Å². The smallest absolute Gasteiger partial charge is 0.319 e. The highest BCUT2D eigenvalue weighted by molar-refractivity contribution is 6.31. The van der Waals surface area contributed by atoms with Gasteiger partial charge in [-0.1, -0.05) is 22.8 Å². The van der Waals surface area contributed by atoms with E-state index in [1.165, 1.54) is 0 Å². The second-order valence-electron chi connectivity index (χ2n) is 4.04. The van der Waals surface area contributed by atoms with Crippen LogP contribution in [-0.4, -0.2) is 23.6 Å². The molecule has 5 N–H and O–H groups in total. The van der Waals surface area contributed by atoms with Crippen molar-refractivity contribution in [2.24, 2.45) is 10.9 Å². The van der Waals surface area contributed by atoms with Gasteiger partial charge in [0.05, 0.1) is 0 Å². The van der Waals surface area contributed by atoms with Gasteiger partial charge in [0.15, 0.2) is 0 Å². The van der Waals surface area contributed by atoms with Crippen LogP contribution in [-0.2, 0) is 0 Å². The van der Waals surface area contributed by atoms with E-state index in [-0.39, 0.29) is 11.9 Å². The van der Waals surface area contributed by atoms with E-state index in [2.05, 4.69) is 15.8 Å². The molecule has 0 heterocycles. The summed E-state index contributed by atoms with van der Waals surface area (Å²) >= 11 is 5.95. The molecule has 19 heavy (non-hydrogen) atoms. The van der Waals surface area contributed by atoms with Gasteiger partial charge < -0.3 is 21.6 Å². The van der Waals surface area contributed by atoms with Crippen molar-refractivity contribution in [1.82, 2.24) is 5.32 Å². The first-order chi connectivity index (χ1) is 9.02. The average Bonchev–Trinajstić information content (AvgIpc) is 2.38. The van der Waals surface area contributed by atoms with Crippen LogP contribution in [0.25, 0.3) is 0 Å². The van der Waals surface area contributed by atoms with Crippen molar-refractivity contribution in [3.05, 3.63) is 28.8 Å². The number of amides is 2. The lowest BCUT2D eigenvalue weighted by molar-refractivity contribution is 0.252. The molecule has 6 nitrogen and oxygen atoms in total. The number of nitrogens with zero attached hydrogens (tertiary/aromatic N) is 1. The summed E-state index contributed by atoms with van der Waals surface area (Å²) < 4.78 is 0. The second-order valence-corrected chi connectivity index (χ2v) is 4.45. The van der Waals surface area contributed by atoms with E-state index in [9.17, 15) is 4.79 Å². The first-order valence-electron chi connectivity index (χ1n) is 5.80. The maximum absolute atomic E-state index is 11.5. The minimum atomic E-state index is -0.320. The van der Waals surface area contributed by atoms with Crippen molar-refractivity contribution in [3.8, 4) is 0 Å². The molecule has 2 amide bonds. The fraction of sp³-hybridized carbons (Fsp3) is 0.333. The Bertz CT molecular complexity index is 477. The van der Waals surface area contributed by atoms with E-state index in [0.717, 1.165) is 5.56 Å². The SMILES string of the molecule is Cc1ccc(NC(=O)NCCCC(N)=NO)cc1Cl. The zero-order valence-electron chi connectivity index (χ0n) is 10.6. The van der Waals surface area contributed by atoms with Gasteiger partial charge in [-0.15, -0.1) is 0 Å². The molecule has 0 saturated carbocycles. The summed E-state index contributed by atoms with van der Waals surface area (Å²) in [7, 11) is 0. The molecule has 104 valence electrons. The summed E-state index contributed by atoms with van der Waals surface area (Å²) in [4.78, 5) is 11.5. The number of rotatable bonds is 5. The lowest BCUT2D eigenvalue weighted by atomic mass is 10.2. The fourth-order valence-electron chi connectivity index (χ4n) is 1.37. The normalized spacial score (nSPS) is 11.2. The Hall–Kier alpha value is -1.95. The molecule has 0 fully saturated rings. The Morgan fingerprint density at radius 3 is 2.89 bits per heavy atom. The van der Waals surface area contributed by atoms with Crippen LogP contribution in [0.15, 0.2) is 23.4 Å². The first-order valence-corrected chi connectivity index (χ1v) is 6.18. The number of nitrogens with one attached hydrogen (secondary N) is 2. The number of nitrogens with two attached hydrogens (primary N) is 1. The van der Waals surface area contributed by atoms with Gasteiger partial charge >= 0.3 is 6.03 Å². The summed E-state index contributed by atoms with van der Waals surface area (Å²) in [5.41, 5.74) is 6.88. The first kappa shape index (κ1) is 15.1. The van der Waals surface area contributed by atoms with Crippen LogP contribution in [0.3, 0.4) is 0 Å². The maximum atomic E-state index is 11.5. The molecule has 1 rings (SSSR count). The van der Waals surface area contributed by atoms with Crippen molar-refractivity contribution in [2.45, 2.75) is 19.8 Å². The van der Waals surface area contributed by atoms with E-state index < -0.39 is 0 Å². The van der Waals surface area contributed by atoms with Gasteiger partial charge in [0.2, 0.25) is 0 Å². The van der Waals surface area contributed by atoms with Crippen LogP contribution in [0.1, 0.15) is 18.4 Å². The van der Waals surface area contributed by atoms with Crippen LogP contribution >= 0.6 is 11.6 Å². The van der Waals surface area contributed by atoms with Gasteiger partial charge in [-0.2, -0.15) is 0 Å². The zero-order valence-corrected chi connectivity index (χ0v) is 11.4. The standard InChI is InChI=1S/C12H17ClN4O2/c1-8-4-5-9(7-10(8)13)16-12(18)15-6-2-3-11(14)17-19/h4-5,7,19H,2-3,6H2,1H3,(H2,14,17)(H2,15,16,18). The molecular weight excluding hydrogens is 268 g/mol. The molecule has 0 aromatic heterocycles. The number of amidine groups is 1. The lowest BCUT2D eigenvalue weighted by Crippen LogP contribution is -2.30. The van der Waals surface area contributed by atoms with Crippen LogP contribution in [0.2, 0.25) is 5.02 Å². The number of carbonyl (C=O) groups is 1. The Kier molecular flexibility index (Phi) is 5.95. The quantitative estimate of drug-likeness (QED) is 0.219. The lowest BCUT2D eigenvalue weighted by Gasteiger charge is -2.08. The number of aryl methyl sites for hydroxylation is 1. The van der Waals surface area contributed by atoms with Crippen molar-refractivity contribution in [2.75, 3.05) is 11.9 Å². The predicted octanol–water partition coefficient (Wildman–Crippen LogP) is 2.30. The monoisotopic (exact) mass is 284 g/mol. The van der Waals surface area contributed by atoms with Crippen LogP contribution in [0.4, 0.5) is 10.5 Å². The Labute approximate surface area is 116 Å². The summed E-state index contributed by atoms with van der Waals surface area (Å²) in [6.45, 7) is 2.32. The number of oxime groups is 1. The van der Waals surface area contributed by atoms with Crippen molar-refractivity contribution in [3.63, 3.8) is 0 Å². The fourth-order valence-corrected chi connectivity index (χ4v) is 1.55. The molecule has 0 aliphatic heterocycles. The largest absolute Gasteiger partial charge is 0.409 e. The number of benzene rings is 1. The van der Waals surface area contributed by atoms with Crippen LogP contribution in [0.5, 0.6) is 0 Å². The van der Waals surface area contributed by atoms with Crippen LogP contribution < -0.4 is 16.4 Å². The van der Waals surface area contributed by atoms with Gasteiger partial charge in [-0.25, -0.2) is 4.79 Å². The van der Waals surface area contributed by atoms with Crippen molar-refractivity contribution < 1.29 is 10.0 Å². The highest BCUT2D eigenvalue weighted by Crippen LogP contribution is 2.19. The second kappa shape index (κ2) is 7.48. The number of anilines is 1. The van der Waals surface area contributed by atoms with Gasteiger partial charge in [-0.05, 0) is 31.0 Å². The Balaban J connectivity index is 2.33. The topological polar surface area (TPSA) is 99.7 Å². The molecule has 1 aromatic rings. The Morgan fingerprint density at radius 1 is 1.53 bits per heavy atom. The molecule has 7 heteroatoms. The average molecular weight is 285 g/mol. The molecule has 0 aliphatic carbocycles. The molecule has 0 spiro atoms. The highest BCUT2D eigenvalue weighted by Gasteiger charge is 2.03. The summed E-state index contributed by atoms with van der Waals surface area (Å²) in [6.07, 6.45) is 1.02. The van der Waals surface area contributed by atoms with E-state index in [4.69, 9.17) is 22.5 Å². The third kappa shape index (κ3) is 5.48. The van der Waals surface area contributed by atoms with E-state index in [0.29, 0.717) is 30.1 Å². The van der Waals surface area contributed by atoms with E-state index in [1.54, 1.807) is 12.1 Å². The summed E-state index contributed by atoms with van der Waals surface area (Å²) in [5.74, 6) is 0.146. The number of carbonyl (C=O) groups excluding carboxylic acids is 1. The number of halogens is 1. The molecule has 0 atom stereocenters. The summed E-state index contributed by atoms with van der Waals surface area (Å²) in [5, 5.41) is 17.1. The number of hydrogen-bond acceptors (Lipinski definition) is 3. The zero-order chi connectivity index (χ0) is 14.3. The number of urea groups is 1. The van der Waals surface area contributed by atoms with Crippen molar-refractivity contribution in [1.29, 1.82) is 0 Å². The van der Waals surface area contributed by atoms with E-state index >= 15 is 0 Å². The Morgan fingerprint density at radius 2 is 2.26 bits per heavy atom. The minimum Gasteiger partial charge on any atom is -0.409 e. The van der Waals surface area contributed by atoms with Crippen molar-refractivity contribution >= 4 is 29.2 Å². The molecule has 0 bridgehead atoms. The van der Waals surface area contributed by atoms with Gasteiger partial charge in [0, 0.05) is 23.7 Å². The minimum absolute atomic E-state index is 0.146. The van der Waals surface area contributed by atoms with E-state index in [1.807, 2.05) is 13.0 Å². The molecule has 0 aliphatic rings. The molecule has 0 radical (unpaired) electrons. The number of hydrogen-bond donors (Lipinski definition) is 4.